The molecule has 11 aromatic rings. The molecule has 9 aromatic carbocycles. The van der Waals surface area contributed by atoms with Gasteiger partial charge in [-0.15, -0.1) is 0 Å². The smallest absolute Gasteiger partial charge is 0.252 e. The van der Waals surface area contributed by atoms with E-state index in [9.17, 15) is 0 Å². The summed E-state index contributed by atoms with van der Waals surface area (Å²) in [7, 11) is 0. The summed E-state index contributed by atoms with van der Waals surface area (Å²) in [5.41, 5.74) is 21.1. The number of furan rings is 2. The van der Waals surface area contributed by atoms with Crippen LogP contribution in [0.25, 0.3) is 66.1 Å². The van der Waals surface area contributed by atoms with Gasteiger partial charge in [-0.1, -0.05) is 181 Å². The second-order valence-corrected chi connectivity index (χ2v) is 20.5. The highest BCUT2D eigenvalue weighted by atomic mass is 16.3. The highest BCUT2D eigenvalue weighted by Crippen LogP contribution is 2.47. The molecule has 4 heterocycles. The van der Waals surface area contributed by atoms with Crippen LogP contribution in [-0.2, 0) is 10.8 Å². The third kappa shape index (κ3) is 5.93. The lowest BCUT2D eigenvalue weighted by Crippen LogP contribution is -2.61. The van der Waals surface area contributed by atoms with Crippen molar-refractivity contribution in [1.82, 2.24) is 0 Å². The molecule has 0 fully saturated rings. The molecule has 0 saturated carbocycles. The summed E-state index contributed by atoms with van der Waals surface area (Å²) in [5.74, 6) is 0. The zero-order valence-electron chi connectivity index (χ0n) is 38.7. The second-order valence-electron chi connectivity index (χ2n) is 20.5. The van der Waals surface area contributed by atoms with Crippen LogP contribution >= 0.6 is 0 Å². The quantitative estimate of drug-likeness (QED) is 0.165. The minimum atomic E-state index is -0.0965. The lowest BCUT2D eigenvalue weighted by atomic mass is 9.33. The van der Waals surface area contributed by atoms with Crippen LogP contribution in [0.4, 0.5) is 34.1 Å². The third-order valence-corrected chi connectivity index (χ3v) is 14.3. The summed E-state index contributed by atoms with van der Waals surface area (Å²) >= 11 is 0. The highest BCUT2D eigenvalue weighted by Gasteiger charge is 2.43. The van der Waals surface area contributed by atoms with Crippen LogP contribution in [0.5, 0.6) is 0 Å². The minimum Gasteiger partial charge on any atom is -0.455 e. The molecule has 0 bridgehead atoms. The second kappa shape index (κ2) is 14.4. The lowest BCUT2D eigenvalue weighted by Gasteiger charge is -2.44. The highest BCUT2D eigenvalue weighted by molar-refractivity contribution is 7.00. The molecular weight excluding hydrogens is 816 g/mol. The Morgan fingerprint density at radius 2 is 0.746 bits per heavy atom. The largest absolute Gasteiger partial charge is 0.455 e. The summed E-state index contributed by atoms with van der Waals surface area (Å²) in [4.78, 5) is 4.93. The topological polar surface area (TPSA) is 32.8 Å². The van der Waals surface area contributed by atoms with E-state index in [0.29, 0.717) is 0 Å². The van der Waals surface area contributed by atoms with Crippen LogP contribution in [0.2, 0.25) is 0 Å². The van der Waals surface area contributed by atoms with Gasteiger partial charge in [-0.2, -0.15) is 0 Å². The average molecular weight is 865 g/mol. The van der Waals surface area contributed by atoms with E-state index >= 15 is 0 Å². The average Bonchev–Trinajstić information content (AvgIpc) is 3.92. The van der Waals surface area contributed by atoms with Crippen molar-refractivity contribution >= 4 is 101 Å². The number of benzene rings is 9. The Bertz CT molecular complexity index is 3550. The number of para-hydroxylation sites is 6. The summed E-state index contributed by atoms with van der Waals surface area (Å²) in [5, 5.41) is 4.57. The molecule has 0 unspecified atom stereocenters. The fraction of sp³-hybridized carbons (Fsp3) is 0.129. The maximum atomic E-state index is 7.01. The molecule has 67 heavy (non-hydrogen) atoms. The summed E-state index contributed by atoms with van der Waals surface area (Å²) < 4.78 is 14.0. The molecule has 0 aliphatic carbocycles. The molecule has 0 N–H and O–H groups in total. The third-order valence-electron chi connectivity index (χ3n) is 14.3. The molecule has 0 radical (unpaired) electrons. The minimum absolute atomic E-state index is 0.0719. The molecule has 2 aliphatic rings. The number of hydrogen-bond acceptors (Lipinski definition) is 4. The predicted octanol–water partition coefficient (Wildman–Crippen LogP) is 15.5. The summed E-state index contributed by atoms with van der Waals surface area (Å²) in [6.45, 7) is 13.5. The van der Waals surface area contributed by atoms with Crippen LogP contribution in [0, 0.1) is 0 Å². The van der Waals surface area contributed by atoms with E-state index in [0.717, 1.165) is 88.9 Å². The Morgan fingerprint density at radius 3 is 1.16 bits per heavy atom. The van der Waals surface area contributed by atoms with Crippen molar-refractivity contribution in [2.45, 2.75) is 52.4 Å². The predicted molar refractivity (Wildman–Crippen MR) is 283 cm³/mol. The number of fused-ring (bicyclic) bond motifs is 10. The van der Waals surface area contributed by atoms with Crippen LogP contribution in [-0.4, -0.2) is 6.71 Å². The standard InChI is InChI=1S/C62H49BN2O2/c1-61(2,3)48-28-15-26-46-44-24-13-22-42(57(44)66-59(46)48)38-32-34-52-50(36-38)63-51-37-39(43-23-14-25-45-47-27-16-29-49(62(4,5)6)60(47)67-58(43)45)33-35-53(51)65(41-20-11-8-12-21-41)55-31-17-30-54(56(55)63)64(52)40-18-9-7-10-19-40/h7-37H,1-6H3. The van der Waals surface area contributed by atoms with Gasteiger partial charge in [0, 0.05) is 77.9 Å². The molecule has 2 aromatic heterocycles. The van der Waals surface area contributed by atoms with Crippen LogP contribution in [0.3, 0.4) is 0 Å². The molecule has 0 amide bonds. The fourth-order valence-corrected chi connectivity index (χ4v) is 11.3. The zero-order valence-corrected chi connectivity index (χ0v) is 38.7. The number of anilines is 6. The van der Waals surface area contributed by atoms with E-state index < -0.39 is 0 Å². The van der Waals surface area contributed by atoms with Gasteiger partial charge in [0.15, 0.2) is 0 Å². The first-order valence-electron chi connectivity index (χ1n) is 23.5. The summed E-state index contributed by atoms with van der Waals surface area (Å²) in [6, 6.07) is 69.0. The van der Waals surface area contributed by atoms with Crippen molar-refractivity contribution in [3.8, 4) is 22.3 Å². The van der Waals surface area contributed by atoms with Gasteiger partial charge in [0.1, 0.15) is 22.3 Å². The van der Waals surface area contributed by atoms with E-state index in [4.69, 9.17) is 8.83 Å². The molecule has 0 saturated heterocycles. The van der Waals surface area contributed by atoms with Gasteiger partial charge in [-0.25, -0.2) is 0 Å². The lowest BCUT2D eigenvalue weighted by molar-refractivity contribution is 0.572. The van der Waals surface area contributed by atoms with Gasteiger partial charge < -0.3 is 18.6 Å². The molecule has 4 nitrogen and oxygen atoms in total. The first kappa shape index (κ1) is 39.6. The van der Waals surface area contributed by atoms with Crippen molar-refractivity contribution in [3.05, 3.63) is 199 Å². The van der Waals surface area contributed by atoms with Crippen molar-refractivity contribution in [2.24, 2.45) is 0 Å². The fourth-order valence-electron chi connectivity index (χ4n) is 11.3. The number of hydrogen-bond donors (Lipinski definition) is 0. The molecule has 322 valence electrons. The maximum Gasteiger partial charge on any atom is 0.252 e. The van der Waals surface area contributed by atoms with Gasteiger partial charge in [0.05, 0.1) is 0 Å². The van der Waals surface area contributed by atoms with Crippen molar-refractivity contribution < 1.29 is 8.83 Å². The van der Waals surface area contributed by atoms with Crippen LogP contribution in [0.15, 0.2) is 197 Å². The Balaban J connectivity index is 1.09. The first-order chi connectivity index (χ1) is 32.5. The summed E-state index contributed by atoms with van der Waals surface area (Å²) in [6.07, 6.45) is 0. The number of rotatable bonds is 4. The Morgan fingerprint density at radius 1 is 0.358 bits per heavy atom. The molecule has 5 heteroatoms. The Labute approximate surface area is 391 Å². The van der Waals surface area contributed by atoms with Gasteiger partial charge in [-0.05, 0) is 86.9 Å². The van der Waals surface area contributed by atoms with E-state index in [1.165, 1.54) is 38.9 Å². The molecule has 2 aliphatic heterocycles. The van der Waals surface area contributed by atoms with Crippen molar-refractivity contribution in [1.29, 1.82) is 0 Å². The van der Waals surface area contributed by atoms with Gasteiger partial charge in [-0.3, -0.25) is 0 Å². The van der Waals surface area contributed by atoms with E-state index in [2.05, 4.69) is 239 Å². The van der Waals surface area contributed by atoms with E-state index in [1.807, 2.05) is 0 Å². The molecule has 13 rings (SSSR count). The SMILES string of the molecule is CC(C)(C)c1cccc2c1oc1c(-c3ccc4c(c3)B3c5cc(-c6cccc7c6oc6c(C(C)(C)C)cccc67)ccc5N(c5ccccc5)c5cccc(c53)N4c3ccccc3)cccc12. The van der Waals surface area contributed by atoms with E-state index in [1.54, 1.807) is 0 Å². The number of nitrogens with zero attached hydrogens (tertiary/aromatic N) is 2. The zero-order chi connectivity index (χ0) is 45.3. The van der Waals surface area contributed by atoms with Crippen molar-refractivity contribution in [3.63, 3.8) is 0 Å². The first-order valence-corrected chi connectivity index (χ1v) is 23.5. The maximum absolute atomic E-state index is 7.01. The molecule has 0 atom stereocenters. The van der Waals surface area contributed by atoms with Gasteiger partial charge in [0.25, 0.3) is 6.71 Å². The van der Waals surface area contributed by atoms with Crippen LogP contribution in [0.1, 0.15) is 52.7 Å². The van der Waals surface area contributed by atoms with Crippen LogP contribution < -0.4 is 26.2 Å². The van der Waals surface area contributed by atoms with Crippen molar-refractivity contribution in [2.75, 3.05) is 9.80 Å². The van der Waals surface area contributed by atoms with E-state index in [-0.39, 0.29) is 17.5 Å². The Kier molecular flexibility index (Phi) is 8.49. The normalized spacial score (nSPS) is 13.4. The van der Waals surface area contributed by atoms with Gasteiger partial charge >= 0.3 is 0 Å². The molecule has 0 spiro atoms. The monoisotopic (exact) mass is 864 g/mol. The van der Waals surface area contributed by atoms with Gasteiger partial charge in [0.2, 0.25) is 0 Å². The Hall–Kier alpha value is -7.76. The molecular formula is C62H49BN2O2.